The van der Waals surface area contributed by atoms with Gasteiger partial charge in [-0.25, -0.2) is 19.9 Å². The summed E-state index contributed by atoms with van der Waals surface area (Å²) in [6, 6.07) is 21.4. The number of fused-ring (bicyclic) bond motifs is 4. The van der Waals surface area contributed by atoms with Crippen LogP contribution in [0.4, 0.5) is 22.7 Å². The number of hydrogen-bond acceptors (Lipinski definition) is 11. The van der Waals surface area contributed by atoms with E-state index in [-0.39, 0.29) is 0 Å². The number of likely N-dealkylation sites (N-methyl/N-ethyl adjacent to an activating group) is 1. The molecule has 7 heterocycles. The number of anilines is 4. The predicted molar refractivity (Wildman–Crippen MR) is 231 cm³/mol. The maximum absolute atomic E-state index is 4.61. The molecule has 6 aromatic heterocycles. The minimum Gasteiger partial charge on any atom is -0.355 e. The van der Waals surface area contributed by atoms with Gasteiger partial charge in [-0.15, -0.1) is 45.3 Å². The molecule has 2 aliphatic rings. The Morgan fingerprint density at radius 3 is 1.83 bits per heavy atom. The minimum absolute atomic E-state index is 1.01. The van der Waals surface area contributed by atoms with Crippen molar-refractivity contribution in [2.75, 3.05) is 30.8 Å². The van der Waals surface area contributed by atoms with Gasteiger partial charge < -0.3 is 15.5 Å². The number of hydrogen-bond donors (Lipinski definition) is 2. The lowest BCUT2D eigenvalue weighted by Crippen LogP contribution is -2.19. The van der Waals surface area contributed by atoms with Crippen LogP contribution in [0.2, 0.25) is 0 Å². The summed E-state index contributed by atoms with van der Waals surface area (Å²) in [6.45, 7) is 2.17. The third-order valence-corrected chi connectivity index (χ3v) is 13.7. The van der Waals surface area contributed by atoms with Gasteiger partial charge in [0.15, 0.2) is 0 Å². The lowest BCUT2D eigenvalue weighted by molar-refractivity contribution is 0.377. The Bertz CT molecular complexity index is 2610. The highest BCUT2D eigenvalue weighted by atomic mass is 32.1. The average molecular weight is 770 g/mol. The standard InChI is InChI=1S/C21H20N4S2.C21H19N3S2/c1-25-9-3-2-4-14(12-25)20-11-16-17(7-8-22-21(16)27-20)24-15-5-6-19-18(10-15)23-13-26-19;1-2-4-6-14(5-3-1)20-12-16-17(9-10-22-21(16)26-20)24-15-7-8-19-18(11-15)23-13-25-19/h4-8,10-11,13H,2-3,9,12H2,1H3,(H,22,24);5,7-13H,1-4,6H2,(H,22,24). The second-order valence-electron chi connectivity index (χ2n) is 13.6. The molecule has 1 aliphatic heterocycles. The van der Waals surface area contributed by atoms with Crippen molar-refractivity contribution in [3.8, 4) is 0 Å². The van der Waals surface area contributed by atoms with Gasteiger partial charge in [-0.3, -0.25) is 0 Å². The minimum atomic E-state index is 1.01. The SMILES string of the molecule is C1=C(c2cc3c(Nc4ccc5scnc5c4)ccnc3s2)CCCCC1.CN1CCCC=C(c2cc3c(Nc4ccc5scnc5c4)ccnc3s2)C1. The average Bonchev–Trinajstić information content (AvgIpc) is 3.95. The number of nitrogens with one attached hydrogen (secondary N) is 2. The number of nitrogens with zero attached hydrogens (tertiary/aromatic N) is 5. The van der Waals surface area contributed by atoms with Gasteiger partial charge in [0, 0.05) is 50.8 Å². The van der Waals surface area contributed by atoms with Crippen LogP contribution >= 0.6 is 45.3 Å². The molecule has 0 unspecified atom stereocenters. The fourth-order valence-corrected chi connectivity index (χ4v) is 10.6. The summed E-state index contributed by atoms with van der Waals surface area (Å²) in [6.07, 6.45) is 17.4. The summed E-state index contributed by atoms with van der Waals surface area (Å²) >= 11 is 6.94. The molecule has 0 saturated heterocycles. The molecule has 0 radical (unpaired) electrons. The predicted octanol–water partition coefficient (Wildman–Crippen LogP) is 12.8. The van der Waals surface area contributed by atoms with Crippen molar-refractivity contribution in [2.24, 2.45) is 0 Å². The van der Waals surface area contributed by atoms with E-state index >= 15 is 0 Å². The molecule has 53 heavy (non-hydrogen) atoms. The van der Waals surface area contributed by atoms with Gasteiger partial charge in [-0.2, -0.15) is 0 Å². The third kappa shape index (κ3) is 7.63. The van der Waals surface area contributed by atoms with Crippen LogP contribution in [0.3, 0.4) is 0 Å². The largest absolute Gasteiger partial charge is 0.355 e. The van der Waals surface area contributed by atoms with E-state index in [2.05, 4.69) is 115 Å². The summed E-state index contributed by atoms with van der Waals surface area (Å²) < 4.78 is 2.43. The Kier molecular flexibility index (Phi) is 9.99. The van der Waals surface area contributed by atoms with E-state index in [1.165, 1.54) is 79.6 Å². The van der Waals surface area contributed by atoms with Crippen molar-refractivity contribution in [3.63, 3.8) is 0 Å². The lowest BCUT2D eigenvalue weighted by Gasteiger charge is -2.14. The van der Waals surface area contributed by atoms with Gasteiger partial charge in [0.2, 0.25) is 0 Å². The first kappa shape index (κ1) is 34.3. The molecule has 266 valence electrons. The Labute approximate surface area is 324 Å². The highest BCUT2D eigenvalue weighted by Crippen LogP contribution is 2.39. The number of rotatable bonds is 6. The van der Waals surface area contributed by atoms with Crippen LogP contribution in [0.5, 0.6) is 0 Å². The van der Waals surface area contributed by atoms with Gasteiger partial charge in [0.25, 0.3) is 0 Å². The van der Waals surface area contributed by atoms with E-state index in [4.69, 9.17) is 0 Å². The number of thiophene rings is 2. The zero-order valence-corrected chi connectivity index (χ0v) is 32.7. The number of pyridine rings is 2. The number of thiazole rings is 2. The van der Waals surface area contributed by atoms with Crippen LogP contribution in [-0.2, 0) is 0 Å². The summed E-state index contributed by atoms with van der Waals surface area (Å²) in [5.74, 6) is 0. The molecule has 0 amide bonds. The van der Waals surface area contributed by atoms with Crippen LogP contribution in [0.25, 0.3) is 52.0 Å². The Hall–Kier alpha value is -4.52. The molecule has 2 N–H and O–H groups in total. The van der Waals surface area contributed by atoms with Gasteiger partial charge in [-0.1, -0.05) is 18.6 Å². The van der Waals surface area contributed by atoms with E-state index < -0.39 is 0 Å². The quantitative estimate of drug-likeness (QED) is 0.174. The first-order valence-corrected chi connectivity index (χ1v) is 21.6. The van der Waals surface area contributed by atoms with Crippen molar-refractivity contribution < 1.29 is 0 Å². The van der Waals surface area contributed by atoms with Crippen molar-refractivity contribution in [2.45, 2.75) is 44.9 Å². The van der Waals surface area contributed by atoms with Crippen LogP contribution in [0.15, 0.2) is 96.2 Å². The van der Waals surface area contributed by atoms with E-state index in [0.717, 1.165) is 63.0 Å². The molecular weight excluding hydrogens is 731 g/mol. The van der Waals surface area contributed by atoms with Crippen LogP contribution in [-0.4, -0.2) is 45.0 Å². The van der Waals surface area contributed by atoms with Gasteiger partial charge >= 0.3 is 0 Å². The molecule has 0 fully saturated rings. The van der Waals surface area contributed by atoms with Crippen molar-refractivity contribution in [1.29, 1.82) is 0 Å². The summed E-state index contributed by atoms with van der Waals surface area (Å²) in [5.41, 5.74) is 13.1. The van der Waals surface area contributed by atoms with Gasteiger partial charge in [-0.05, 0) is 124 Å². The summed E-state index contributed by atoms with van der Waals surface area (Å²) in [7, 11) is 2.20. The molecule has 0 saturated carbocycles. The Morgan fingerprint density at radius 1 is 0.604 bits per heavy atom. The molecular formula is C42H39N7S4. The molecule has 2 aromatic carbocycles. The number of allylic oxidation sites excluding steroid dienone is 3. The van der Waals surface area contributed by atoms with Gasteiger partial charge in [0.1, 0.15) is 9.66 Å². The van der Waals surface area contributed by atoms with E-state index in [0.29, 0.717) is 0 Å². The molecule has 0 spiro atoms. The van der Waals surface area contributed by atoms with Crippen molar-refractivity contribution >= 4 is 120 Å². The fourth-order valence-electron chi connectivity index (χ4n) is 7.08. The summed E-state index contributed by atoms with van der Waals surface area (Å²) in [4.78, 5) is 25.3. The van der Waals surface area contributed by atoms with E-state index in [1.807, 2.05) is 34.8 Å². The first-order valence-electron chi connectivity index (χ1n) is 18.2. The number of benzene rings is 2. The van der Waals surface area contributed by atoms with Crippen LogP contribution in [0, 0.1) is 0 Å². The molecule has 11 heteroatoms. The van der Waals surface area contributed by atoms with Crippen molar-refractivity contribution in [1.82, 2.24) is 24.8 Å². The Morgan fingerprint density at radius 2 is 1.19 bits per heavy atom. The second kappa shape index (κ2) is 15.5. The maximum Gasteiger partial charge on any atom is 0.125 e. The van der Waals surface area contributed by atoms with E-state index in [9.17, 15) is 0 Å². The molecule has 0 atom stereocenters. The summed E-state index contributed by atoms with van der Waals surface area (Å²) in [5, 5.41) is 9.53. The zero-order chi connectivity index (χ0) is 35.6. The molecule has 0 bridgehead atoms. The van der Waals surface area contributed by atoms with Crippen LogP contribution < -0.4 is 10.6 Å². The zero-order valence-electron chi connectivity index (χ0n) is 29.5. The second-order valence-corrected chi connectivity index (χ2v) is 17.5. The highest BCUT2D eigenvalue weighted by Gasteiger charge is 2.16. The lowest BCUT2D eigenvalue weighted by atomic mass is 10.1. The third-order valence-electron chi connectivity index (χ3n) is 9.84. The van der Waals surface area contributed by atoms with E-state index in [1.54, 1.807) is 34.0 Å². The monoisotopic (exact) mass is 769 g/mol. The molecule has 10 rings (SSSR count). The topological polar surface area (TPSA) is 78.9 Å². The molecule has 7 nitrogen and oxygen atoms in total. The maximum atomic E-state index is 4.61. The van der Waals surface area contributed by atoms with Gasteiger partial charge in [0.05, 0.1) is 42.8 Å². The highest BCUT2D eigenvalue weighted by molar-refractivity contribution is 7.20. The number of aromatic nitrogens is 4. The van der Waals surface area contributed by atoms with Crippen molar-refractivity contribution in [3.05, 3.63) is 106 Å². The normalized spacial score (nSPS) is 15.5. The van der Waals surface area contributed by atoms with Crippen LogP contribution in [0.1, 0.15) is 54.7 Å². The molecule has 1 aliphatic carbocycles. The fraction of sp³-hybridized carbons (Fsp3) is 0.238. The first-order chi connectivity index (χ1) is 26.1. The Balaban J connectivity index is 0.000000141. The molecule has 8 aromatic rings. The smallest absolute Gasteiger partial charge is 0.125 e.